The molecule has 1 aliphatic carbocycles. The molecule has 1 aromatic carbocycles. The van der Waals surface area contributed by atoms with Crippen molar-refractivity contribution in [3.63, 3.8) is 0 Å². The van der Waals surface area contributed by atoms with Crippen molar-refractivity contribution in [1.82, 2.24) is 24.6 Å². The highest BCUT2D eigenvalue weighted by atomic mass is 19.1. The first-order chi connectivity index (χ1) is 18.0. The summed E-state index contributed by atoms with van der Waals surface area (Å²) in [6.45, 7) is 7.85. The Kier molecular flexibility index (Phi) is 7.47. The van der Waals surface area contributed by atoms with Gasteiger partial charge in [0.2, 0.25) is 0 Å². The Morgan fingerprint density at radius 1 is 1.21 bits per heavy atom. The molecule has 2 aromatic heterocycles. The van der Waals surface area contributed by atoms with Crippen LogP contribution in [0.1, 0.15) is 41.5 Å². The van der Waals surface area contributed by atoms with E-state index in [1.54, 1.807) is 13.3 Å². The number of aromatic amines is 1. The summed E-state index contributed by atoms with van der Waals surface area (Å²) in [5, 5.41) is 10.4. The smallest absolute Gasteiger partial charge is 0.253 e. The molecule has 0 atom stereocenters. The number of imidazole rings is 1. The summed E-state index contributed by atoms with van der Waals surface area (Å²) in [4.78, 5) is 24.1. The van der Waals surface area contributed by atoms with Crippen LogP contribution in [-0.4, -0.2) is 57.5 Å². The van der Waals surface area contributed by atoms with Gasteiger partial charge >= 0.3 is 0 Å². The molecule has 2 N–H and O–H groups in total. The quantitative estimate of drug-likeness (QED) is 0.253. The second-order valence-corrected chi connectivity index (χ2v) is 9.71. The lowest BCUT2D eigenvalue weighted by Crippen LogP contribution is -2.27. The first-order valence-corrected chi connectivity index (χ1v) is 12.2. The third-order valence-corrected chi connectivity index (χ3v) is 6.30. The molecule has 1 aliphatic rings. The predicted octanol–water partition coefficient (Wildman–Crippen LogP) is 4.73. The van der Waals surface area contributed by atoms with E-state index >= 15 is 8.78 Å². The average Bonchev–Trinajstić information content (AvgIpc) is 3.45. The zero-order valence-corrected chi connectivity index (χ0v) is 22.4. The van der Waals surface area contributed by atoms with Gasteiger partial charge in [0.25, 0.3) is 5.91 Å². The summed E-state index contributed by atoms with van der Waals surface area (Å²) in [6, 6.07) is 3.90. The largest absolute Gasteiger partial charge is 0.345 e. The molecular formula is C27H32F2N8O. The minimum absolute atomic E-state index is 0.0735. The molecular weight excluding hydrogens is 490 g/mol. The number of nitrogens with zero attached hydrogens (tertiary/aromatic N) is 6. The van der Waals surface area contributed by atoms with Crippen LogP contribution in [0.15, 0.2) is 53.7 Å². The van der Waals surface area contributed by atoms with Crippen LogP contribution in [0.5, 0.6) is 0 Å². The van der Waals surface area contributed by atoms with Crippen molar-refractivity contribution in [3.05, 3.63) is 77.3 Å². The normalized spacial score (nSPS) is 14.3. The average molecular weight is 523 g/mol. The Morgan fingerprint density at radius 3 is 2.37 bits per heavy atom. The number of amidine groups is 1. The van der Waals surface area contributed by atoms with Gasteiger partial charge in [-0.2, -0.15) is 5.10 Å². The van der Waals surface area contributed by atoms with Gasteiger partial charge < -0.3 is 19.7 Å². The van der Waals surface area contributed by atoms with E-state index in [0.29, 0.717) is 28.7 Å². The van der Waals surface area contributed by atoms with Crippen LogP contribution in [0.4, 0.5) is 20.3 Å². The summed E-state index contributed by atoms with van der Waals surface area (Å²) in [5.74, 6) is -0.683. The fraction of sp³-hybridized carbons (Fsp3) is 0.333. The van der Waals surface area contributed by atoms with Crippen molar-refractivity contribution in [2.24, 2.45) is 18.0 Å². The number of aryl methyl sites for hydroxylation is 2. The van der Waals surface area contributed by atoms with Crippen molar-refractivity contribution >= 4 is 28.8 Å². The standard InChI is InChI=1S/C27H32F2N8O/c1-15-10-23(34-33-15)32-26(24(18-8-9-18)16(2)22-13-36(6)14-30-22)31-17(3)37(7)25-20(28)11-19(12-21(25)29)27(38)35(4)5/h10-14,18H,2,8-9H2,1,3-7H3,(H2,32,33,34)/b26-24-,31-17+. The molecule has 0 radical (unpaired) electrons. The first-order valence-electron chi connectivity index (χ1n) is 12.2. The van der Waals surface area contributed by atoms with Gasteiger partial charge in [0.1, 0.15) is 17.3 Å². The lowest BCUT2D eigenvalue weighted by atomic mass is 10.00. The Balaban J connectivity index is 1.78. The Morgan fingerprint density at radius 2 is 1.87 bits per heavy atom. The fourth-order valence-electron chi connectivity index (χ4n) is 4.09. The Labute approximate surface area is 220 Å². The third kappa shape index (κ3) is 5.66. The van der Waals surface area contributed by atoms with Crippen molar-refractivity contribution in [2.45, 2.75) is 26.7 Å². The highest BCUT2D eigenvalue weighted by Gasteiger charge is 2.32. The molecule has 2 heterocycles. The van der Waals surface area contributed by atoms with Gasteiger partial charge in [-0.05, 0) is 44.7 Å². The van der Waals surface area contributed by atoms with E-state index in [9.17, 15) is 4.79 Å². The van der Waals surface area contributed by atoms with Gasteiger partial charge in [0.05, 0.1) is 12.0 Å². The summed E-state index contributed by atoms with van der Waals surface area (Å²) in [6.07, 6.45) is 5.50. The zero-order chi connectivity index (χ0) is 27.7. The maximum Gasteiger partial charge on any atom is 0.253 e. The third-order valence-electron chi connectivity index (χ3n) is 6.30. The van der Waals surface area contributed by atoms with Crippen LogP contribution < -0.4 is 10.2 Å². The zero-order valence-electron chi connectivity index (χ0n) is 22.4. The monoisotopic (exact) mass is 522 g/mol. The van der Waals surface area contributed by atoms with E-state index in [1.165, 1.54) is 30.9 Å². The van der Waals surface area contributed by atoms with Crippen molar-refractivity contribution in [1.29, 1.82) is 0 Å². The number of hydrogen-bond donors (Lipinski definition) is 2. The fourth-order valence-corrected chi connectivity index (χ4v) is 4.09. The van der Waals surface area contributed by atoms with Crippen LogP contribution in [-0.2, 0) is 7.05 Å². The molecule has 0 spiro atoms. The summed E-state index contributed by atoms with van der Waals surface area (Å²) in [5.41, 5.74) is 2.77. The second-order valence-electron chi connectivity index (χ2n) is 9.71. The Bertz CT molecular complexity index is 1420. The molecule has 0 aliphatic heterocycles. The summed E-state index contributed by atoms with van der Waals surface area (Å²) >= 11 is 0. The number of allylic oxidation sites excluding steroid dienone is 2. The molecule has 11 heteroatoms. The summed E-state index contributed by atoms with van der Waals surface area (Å²) in [7, 11) is 6.45. The van der Waals surface area contributed by atoms with Crippen molar-refractivity contribution < 1.29 is 13.6 Å². The van der Waals surface area contributed by atoms with Gasteiger partial charge in [-0.1, -0.05) is 6.58 Å². The molecule has 9 nitrogen and oxygen atoms in total. The van der Waals surface area contributed by atoms with E-state index in [0.717, 1.165) is 36.2 Å². The Hall–Kier alpha value is -4.28. The number of aliphatic imine (C=N–C) groups is 1. The number of amides is 1. The van der Waals surface area contributed by atoms with Gasteiger partial charge in [-0.3, -0.25) is 9.89 Å². The van der Waals surface area contributed by atoms with Crippen LogP contribution in [0.25, 0.3) is 5.57 Å². The molecule has 0 saturated heterocycles. The highest BCUT2D eigenvalue weighted by molar-refractivity contribution is 5.98. The minimum Gasteiger partial charge on any atom is -0.345 e. The molecule has 0 bridgehead atoms. The van der Waals surface area contributed by atoms with Crippen molar-refractivity contribution in [3.8, 4) is 0 Å². The number of carbonyl (C=O) groups is 1. The molecule has 3 aromatic rings. The molecule has 1 fully saturated rings. The number of H-pyrrole nitrogens is 1. The van der Waals surface area contributed by atoms with Crippen LogP contribution in [0.3, 0.4) is 0 Å². The van der Waals surface area contributed by atoms with Gasteiger partial charge in [-0.25, -0.2) is 18.8 Å². The number of aromatic nitrogens is 4. The van der Waals surface area contributed by atoms with Gasteiger partial charge in [-0.15, -0.1) is 0 Å². The highest BCUT2D eigenvalue weighted by Crippen LogP contribution is 2.44. The molecule has 38 heavy (non-hydrogen) atoms. The van der Waals surface area contributed by atoms with E-state index in [2.05, 4.69) is 27.1 Å². The van der Waals surface area contributed by atoms with E-state index < -0.39 is 17.5 Å². The van der Waals surface area contributed by atoms with E-state index in [4.69, 9.17) is 4.99 Å². The maximum atomic E-state index is 15.1. The van der Waals surface area contributed by atoms with Crippen LogP contribution >= 0.6 is 0 Å². The second kappa shape index (κ2) is 10.6. The van der Waals surface area contributed by atoms with E-state index in [1.807, 2.05) is 30.8 Å². The number of halogens is 2. The van der Waals surface area contributed by atoms with Crippen LogP contribution in [0, 0.1) is 24.5 Å². The number of carbonyl (C=O) groups excluding carboxylic acids is 1. The molecule has 4 rings (SSSR count). The maximum absolute atomic E-state index is 15.1. The minimum atomic E-state index is -0.867. The number of benzene rings is 1. The first kappa shape index (κ1) is 26.8. The van der Waals surface area contributed by atoms with Crippen LogP contribution in [0.2, 0.25) is 0 Å². The number of anilines is 2. The molecule has 1 amide bonds. The number of hydrogen-bond acceptors (Lipinski definition) is 5. The number of rotatable bonds is 8. The molecule has 1 saturated carbocycles. The molecule has 200 valence electrons. The van der Waals surface area contributed by atoms with Gasteiger partial charge in [0, 0.05) is 62.9 Å². The number of nitrogens with one attached hydrogen (secondary N) is 2. The lowest BCUT2D eigenvalue weighted by molar-refractivity contribution is 0.0826. The predicted molar refractivity (Wildman–Crippen MR) is 145 cm³/mol. The van der Waals surface area contributed by atoms with Gasteiger partial charge in [0.15, 0.2) is 17.5 Å². The van der Waals surface area contributed by atoms with Crippen molar-refractivity contribution in [2.75, 3.05) is 31.4 Å². The lowest BCUT2D eigenvalue weighted by Gasteiger charge is -2.22. The molecule has 0 unspecified atom stereocenters. The van der Waals surface area contributed by atoms with E-state index in [-0.39, 0.29) is 17.2 Å². The summed E-state index contributed by atoms with van der Waals surface area (Å²) < 4.78 is 32.1. The SMILES string of the molecule is C=C(/C(=C(\N=C(/C)N(C)c1c(F)cc(C(=O)N(C)C)cc1F)Nc1cc(C)[nH]n1)C1CC1)c1cn(C)cn1. The topological polar surface area (TPSA) is 94.4 Å².